The van der Waals surface area contributed by atoms with Crippen LogP contribution in [0.1, 0.15) is 22.9 Å². The summed E-state index contributed by atoms with van der Waals surface area (Å²) < 4.78 is 6.98. The fourth-order valence-corrected chi connectivity index (χ4v) is 11.2. The molecule has 75 heavy (non-hydrogen) atoms. The maximum Gasteiger partial charge on any atom is 0.238 e. The first-order valence-electron chi connectivity index (χ1n) is 25.2. The molecule has 1 aliphatic heterocycles. The largest absolute Gasteiger partial charge is 0.344 e. The first kappa shape index (κ1) is 42.4. The number of amidine groups is 2. The van der Waals surface area contributed by atoms with E-state index in [0.29, 0.717) is 23.4 Å². The summed E-state index contributed by atoms with van der Waals surface area (Å²) in [7, 11) is 0. The van der Waals surface area contributed by atoms with Gasteiger partial charge in [0.15, 0.2) is 17.5 Å². The molecule has 1 aliphatic rings. The number of hydrogen-bond acceptors (Lipinski definition) is 6. The lowest BCUT2D eigenvalue weighted by atomic mass is 10.1. The minimum absolute atomic E-state index is 0.367. The highest BCUT2D eigenvalue weighted by Gasteiger charge is 2.27. The Morgan fingerprint density at radius 3 is 1.53 bits per heavy atom. The van der Waals surface area contributed by atoms with Crippen molar-refractivity contribution in [2.24, 2.45) is 9.98 Å². The van der Waals surface area contributed by atoms with Gasteiger partial charge in [-0.25, -0.2) is 15.0 Å². The highest BCUT2D eigenvalue weighted by atomic mass is 15.2. The third kappa shape index (κ3) is 6.90. The number of benzene rings is 10. The van der Waals surface area contributed by atoms with Crippen molar-refractivity contribution in [1.29, 1.82) is 0 Å². The Morgan fingerprint density at radius 1 is 0.360 bits per heavy atom. The van der Waals surface area contributed by atoms with Crippen molar-refractivity contribution in [3.63, 3.8) is 0 Å². The quantitative estimate of drug-likeness (QED) is 0.164. The van der Waals surface area contributed by atoms with Gasteiger partial charge in [-0.2, -0.15) is 9.97 Å². The number of hydrogen-bond donors (Lipinski definition) is 1. The lowest BCUT2D eigenvalue weighted by Crippen LogP contribution is -2.33. The van der Waals surface area contributed by atoms with Gasteiger partial charge in [0.05, 0.1) is 38.8 Å². The molecule has 5 heterocycles. The van der Waals surface area contributed by atoms with Crippen molar-refractivity contribution in [2.45, 2.75) is 6.17 Å². The molecule has 0 spiro atoms. The summed E-state index contributed by atoms with van der Waals surface area (Å²) in [5.41, 5.74) is 12.9. The van der Waals surface area contributed by atoms with Crippen LogP contribution in [0.25, 0.3) is 106 Å². The van der Waals surface area contributed by atoms with E-state index in [1.165, 1.54) is 5.39 Å². The number of aromatic nitrogens is 6. The Hall–Kier alpha value is -10.3. The summed E-state index contributed by atoms with van der Waals surface area (Å²) in [5.74, 6) is 3.05. The molecule has 0 radical (unpaired) electrons. The molecule has 9 nitrogen and oxygen atoms in total. The average Bonchev–Trinajstić information content (AvgIpc) is 4.19. The van der Waals surface area contributed by atoms with E-state index in [1.807, 2.05) is 42.5 Å². The van der Waals surface area contributed by atoms with Gasteiger partial charge in [0.25, 0.3) is 0 Å². The number of aliphatic imine (C=N–C) groups is 2. The van der Waals surface area contributed by atoms with Gasteiger partial charge < -0.3 is 14.5 Å². The number of nitrogens with one attached hydrogen (secondary N) is 1. The Kier molecular flexibility index (Phi) is 9.74. The van der Waals surface area contributed by atoms with Gasteiger partial charge in [-0.3, -0.25) is 4.57 Å². The number of para-hydroxylation sites is 5. The third-order valence-electron chi connectivity index (χ3n) is 14.6. The van der Waals surface area contributed by atoms with E-state index in [4.69, 9.17) is 24.9 Å². The first-order chi connectivity index (χ1) is 37.2. The molecule has 352 valence electrons. The van der Waals surface area contributed by atoms with Crippen LogP contribution in [-0.4, -0.2) is 40.3 Å². The fourth-order valence-electron chi connectivity index (χ4n) is 11.2. The molecule has 1 atom stereocenters. The van der Waals surface area contributed by atoms with E-state index in [2.05, 4.69) is 225 Å². The maximum absolute atomic E-state index is 5.54. The second-order valence-electron chi connectivity index (χ2n) is 18.9. The molecule has 4 aromatic heterocycles. The fraction of sp³-hybridized carbons (Fsp3) is 0.0152. The van der Waals surface area contributed by atoms with Crippen LogP contribution in [0.3, 0.4) is 0 Å². The summed E-state index contributed by atoms with van der Waals surface area (Å²) in [6.07, 6.45) is -0.367. The summed E-state index contributed by atoms with van der Waals surface area (Å²) in [4.78, 5) is 27.0. The SMILES string of the molecule is c1ccc(C2=NC(c3ccccc3-n3c4ccccc4c4ccc5c6ccccc6n(-c6nc(-c7ccccc7)nc(-c7ccc8c9ccccc9n(-c9ccccc9)c8c7)n6)c5c43)=NC(c3ccccc3)N2)cc1. The molecule has 0 fully saturated rings. The van der Waals surface area contributed by atoms with Gasteiger partial charge in [-0.1, -0.05) is 200 Å². The molecule has 10 aromatic carbocycles. The summed E-state index contributed by atoms with van der Waals surface area (Å²) >= 11 is 0. The van der Waals surface area contributed by atoms with Crippen molar-refractivity contribution in [3.8, 4) is 40.1 Å². The summed E-state index contributed by atoms with van der Waals surface area (Å²) in [6, 6.07) is 86.9. The molecule has 15 rings (SSSR count). The van der Waals surface area contributed by atoms with Crippen molar-refractivity contribution in [1.82, 2.24) is 34.0 Å². The number of rotatable bonds is 8. The molecule has 0 amide bonds. The topological polar surface area (TPSA) is 90.2 Å². The van der Waals surface area contributed by atoms with Crippen molar-refractivity contribution < 1.29 is 0 Å². The number of nitrogens with zero attached hydrogens (tertiary/aromatic N) is 8. The Morgan fingerprint density at radius 2 is 0.853 bits per heavy atom. The third-order valence-corrected chi connectivity index (χ3v) is 14.6. The molecule has 0 saturated heterocycles. The minimum atomic E-state index is -0.367. The lowest BCUT2D eigenvalue weighted by Gasteiger charge is -2.24. The molecule has 14 aromatic rings. The maximum atomic E-state index is 5.54. The second-order valence-corrected chi connectivity index (χ2v) is 18.9. The van der Waals surface area contributed by atoms with Crippen LogP contribution in [0.2, 0.25) is 0 Å². The first-order valence-corrected chi connectivity index (χ1v) is 25.2. The van der Waals surface area contributed by atoms with Crippen LogP contribution >= 0.6 is 0 Å². The molecule has 1 unspecified atom stereocenters. The van der Waals surface area contributed by atoms with E-state index in [9.17, 15) is 0 Å². The average molecular weight is 962 g/mol. The van der Waals surface area contributed by atoms with Gasteiger partial charge in [0.1, 0.15) is 12.0 Å². The molecule has 9 heteroatoms. The van der Waals surface area contributed by atoms with Gasteiger partial charge in [-0.05, 0) is 54.1 Å². The lowest BCUT2D eigenvalue weighted by molar-refractivity contribution is 0.674. The van der Waals surface area contributed by atoms with E-state index < -0.39 is 0 Å². The van der Waals surface area contributed by atoms with Crippen LogP contribution in [0.4, 0.5) is 0 Å². The molecular weight excluding hydrogens is 919 g/mol. The highest BCUT2D eigenvalue weighted by Crippen LogP contribution is 2.43. The van der Waals surface area contributed by atoms with Crippen molar-refractivity contribution in [2.75, 3.05) is 0 Å². The Bertz CT molecular complexity index is 4610. The number of fused-ring (bicyclic) bond motifs is 10. The van der Waals surface area contributed by atoms with Gasteiger partial charge >= 0.3 is 0 Å². The Balaban J connectivity index is 1.01. The zero-order valence-corrected chi connectivity index (χ0v) is 40.3. The van der Waals surface area contributed by atoms with Crippen molar-refractivity contribution in [3.05, 3.63) is 265 Å². The van der Waals surface area contributed by atoms with Crippen LogP contribution in [-0.2, 0) is 0 Å². The van der Waals surface area contributed by atoms with Gasteiger partial charge in [0, 0.05) is 60.3 Å². The Labute approximate surface area is 430 Å². The van der Waals surface area contributed by atoms with Crippen LogP contribution < -0.4 is 5.32 Å². The molecular formula is C66H43N9. The van der Waals surface area contributed by atoms with E-state index in [0.717, 1.165) is 105 Å². The van der Waals surface area contributed by atoms with E-state index in [1.54, 1.807) is 0 Å². The zero-order valence-electron chi connectivity index (χ0n) is 40.3. The molecule has 0 saturated carbocycles. The predicted octanol–water partition coefficient (Wildman–Crippen LogP) is 15.0. The van der Waals surface area contributed by atoms with Gasteiger partial charge in [0.2, 0.25) is 5.95 Å². The van der Waals surface area contributed by atoms with Crippen LogP contribution in [0, 0.1) is 0 Å². The predicted molar refractivity (Wildman–Crippen MR) is 306 cm³/mol. The summed E-state index contributed by atoms with van der Waals surface area (Å²) in [6.45, 7) is 0. The van der Waals surface area contributed by atoms with Crippen LogP contribution in [0.5, 0.6) is 0 Å². The normalized spacial score (nSPS) is 13.7. The zero-order chi connectivity index (χ0) is 49.4. The minimum Gasteiger partial charge on any atom is -0.344 e. The molecule has 0 aliphatic carbocycles. The summed E-state index contributed by atoms with van der Waals surface area (Å²) in [5, 5.41) is 10.4. The standard InChI is InChI=1S/C66H43N9/c1-5-21-42(22-6-1)61-67-62(43-23-7-2-8-24-43)70-65(69-61)53-32-16-20-36-57(53)74-55-34-18-14-30-48(55)51-39-40-52-49-31-15-19-35-56(49)75(60(52)59(51)74)66-71-63(44-25-9-3-10-26-44)68-64(72-66)45-37-38-50-47-29-13-17-33-54(47)73(58(50)41-45)46-27-11-4-12-28-46/h1-41,61H,(H,67,69,70). The van der Waals surface area contributed by atoms with Gasteiger partial charge in [-0.15, -0.1) is 0 Å². The van der Waals surface area contributed by atoms with Crippen LogP contribution in [0.15, 0.2) is 259 Å². The monoisotopic (exact) mass is 961 g/mol. The molecule has 1 N–H and O–H groups in total. The second kappa shape index (κ2) is 17.2. The smallest absolute Gasteiger partial charge is 0.238 e. The highest BCUT2D eigenvalue weighted by molar-refractivity contribution is 6.24. The van der Waals surface area contributed by atoms with Crippen molar-refractivity contribution >= 4 is 77.1 Å². The molecule has 0 bridgehead atoms. The van der Waals surface area contributed by atoms with E-state index in [-0.39, 0.29) is 6.17 Å². The van der Waals surface area contributed by atoms with E-state index >= 15 is 0 Å².